The van der Waals surface area contributed by atoms with Gasteiger partial charge in [-0.3, -0.25) is 0 Å². The first-order chi connectivity index (χ1) is 6.97. The van der Waals surface area contributed by atoms with Crippen molar-refractivity contribution >= 4 is 22.5 Å². The Bertz CT molecular complexity index is 275. The number of hydrogen-bond acceptors (Lipinski definition) is 1. The molecule has 0 radical (unpaired) electrons. The second-order valence-electron chi connectivity index (χ2n) is 7.24. The van der Waals surface area contributed by atoms with Crippen LogP contribution in [-0.4, -0.2) is 28.1 Å². The van der Waals surface area contributed by atoms with E-state index in [1.165, 1.54) is 6.04 Å². The predicted octanol–water partition coefficient (Wildman–Crippen LogP) is 4.13. The molecule has 0 N–H and O–H groups in total. The summed E-state index contributed by atoms with van der Waals surface area (Å²) in [6.07, 6.45) is 3.05. The van der Waals surface area contributed by atoms with Crippen LogP contribution in [0.3, 0.4) is 0 Å². The summed E-state index contributed by atoms with van der Waals surface area (Å²) in [4.78, 5) is 0. The maximum absolute atomic E-state index is 6.62. The molecule has 1 fully saturated rings. The van der Waals surface area contributed by atoms with Gasteiger partial charge in [0, 0.05) is 7.59 Å². The minimum Gasteiger partial charge on any atom is -0.415 e. The van der Waals surface area contributed by atoms with Crippen molar-refractivity contribution in [3.8, 4) is 0 Å². The number of hydrogen-bond donors (Lipinski definition) is 0. The summed E-state index contributed by atoms with van der Waals surface area (Å²) in [5.74, 6) is 0. The Kier molecular flexibility index (Phi) is 3.54. The molecule has 1 heterocycles. The number of rotatable bonds is 2. The van der Waals surface area contributed by atoms with E-state index in [-0.39, 0.29) is 5.60 Å². The van der Waals surface area contributed by atoms with Gasteiger partial charge in [-0.05, 0) is 32.5 Å². The van der Waals surface area contributed by atoms with Crippen molar-refractivity contribution in [2.24, 2.45) is 0 Å². The summed E-state index contributed by atoms with van der Waals surface area (Å²) in [6, 6.07) is 1.32. The molecule has 0 aliphatic carbocycles. The summed E-state index contributed by atoms with van der Waals surface area (Å²) in [5.41, 5.74) is 0.0930. The first-order valence-electron chi connectivity index (χ1n) is 6.29. The average Bonchev–Trinajstić information content (AvgIpc) is 1.98. The summed E-state index contributed by atoms with van der Waals surface area (Å²) >= 11 is 0. The molecule has 0 aromatic rings. The second kappa shape index (κ2) is 3.93. The quantitative estimate of drug-likeness (QED) is 0.542. The summed E-state index contributed by atoms with van der Waals surface area (Å²) < 4.78 is 6.62. The van der Waals surface area contributed by atoms with Crippen molar-refractivity contribution < 1.29 is 4.43 Å². The molecule has 16 heavy (non-hydrogen) atoms. The molecule has 0 amide bonds. The van der Waals surface area contributed by atoms with Gasteiger partial charge in [-0.25, -0.2) is 0 Å². The zero-order valence-corrected chi connectivity index (χ0v) is 15.1. The molecule has 0 aromatic carbocycles. The minimum atomic E-state index is -1.47. The predicted molar refractivity (Wildman–Crippen MR) is 81.6 cm³/mol. The van der Waals surface area contributed by atoms with E-state index >= 15 is 0 Å². The van der Waals surface area contributed by atoms with Crippen molar-refractivity contribution in [2.45, 2.75) is 64.3 Å². The van der Waals surface area contributed by atoms with Gasteiger partial charge in [0.15, 0.2) is 7.83 Å². The van der Waals surface area contributed by atoms with Crippen LogP contribution < -0.4 is 0 Å². The fraction of sp³-hybridized carbons (Fsp3) is 0.833. The fourth-order valence-electron chi connectivity index (χ4n) is 3.17. The molecule has 0 saturated carbocycles. The van der Waals surface area contributed by atoms with Crippen LogP contribution in [0.4, 0.5) is 0 Å². The van der Waals surface area contributed by atoms with Gasteiger partial charge in [0.25, 0.3) is 0 Å². The Balaban J connectivity index is 3.12. The van der Waals surface area contributed by atoms with Gasteiger partial charge < -0.3 is 4.43 Å². The van der Waals surface area contributed by atoms with Crippen LogP contribution in [0.5, 0.6) is 0 Å². The third-order valence-electron chi connectivity index (χ3n) is 5.09. The highest BCUT2D eigenvalue weighted by atomic mass is 29.6. The Labute approximate surface area is 104 Å². The molecule has 1 atom stereocenters. The largest absolute Gasteiger partial charge is 0.415 e. The van der Waals surface area contributed by atoms with E-state index in [2.05, 4.69) is 52.8 Å². The molecule has 1 nitrogen and oxygen atoms in total. The van der Waals surface area contributed by atoms with E-state index in [0.717, 1.165) is 6.42 Å². The Morgan fingerprint density at radius 1 is 1.19 bits per heavy atom. The van der Waals surface area contributed by atoms with E-state index < -0.39 is 22.5 Å². The van der Waals surface area contributed by atoms with Crippen molar-refractivity contribution in [1.29, 1.82) is 0 Å². The lowest BCUT2D eigenvalue weighted by atomic mass is 10.1. The summed E-state index contributed by atoms with van der Waals surface area (Å²) in [5, 5.41) is 0. The zero-order chi connectivity index (χ0) is 12.8. The third-order valence-corrected chi connectivity index (χ3v) is 45.6. The SMILES string of the molecule is C=CCC1(C)C[Si](C)(C)[Si](C)(C)[Si](C)(C)O1. The Morgan fingerprint density at radius 2 is 1.69 bits per heavy atom. The van der Waals surface area contributed by atoms with Gasteiger partial charge in [-0.15, -0.1) is 6.58 Å². The van der Waals surface area contributed by atoms with Gasteiger partial charge in [0.05, 0.1) is 12.7 Å². The van der Waals surface area contributed by atoms with Gasteiger partial charge >= 0.3 is 0 Å². The third kappa shape index (κ3) is 2.17. The van der Waals surface area contributed by atoms with Crippen LogP contribution in [0, 0.1) is 0 Å². The standard InChI is InChI=1S/C12H28OSi3/c1-9-10-12(2)11-14(3,4)16(7,8)15(5,6)13-12/h9H,1,10-11H2,2-8H3. The maximum atomic E-state index is 6.62. The van der Waals surface area contributed by atoms with Crippen LogP contribution in [0.15, 0.2) is 12.7 Å². The lowest BCUT2D eigenvalue weighted by Crippen LogP contribution is -2.78. The molecule has 1 rings (SSSR count). The first-order valence-corrected chi connectivity index (χ1v) is 17.4. The van der Waals surface area contributed by atoms with Crippen molar-refractivity contribution in [3.63, 3.8) is 0 Å². The van der Waals surface area contributed by atoms with Crippen LogP contribution in [-0.2, 0) is 4.43 Å². The minimum absolute atomic E-state index is 0.0930. The molecule has 0 bridgehead atoms. The van der Waals surface area contributed by atoms with Crippen molar-refractivity contribution in [3.05, 3.63) is 12.7 Å². The second-order valence-corrected chi connectivity index (χ2v) is 34.5. The summed E-state index contributed by atoms with van der Waals surface area (Å²) in [6.45, 7) is 21.5. The van der Waals surface area contributed by atoms with E-state index in [9.17, 15) is 0 Å². The maximum Gasteiger partial charge on any atom is 0.172 e. The van der Waals surface area contributed by atoms with Crippen LogP contribution in [0.1, 0.15) is 13.3 Å². The van der Waals surface area contributed by atoms with E-state index in [1.54, 1.807) is 0 Å². The monoisotopic (exact) mass is 272 g/mol. The van der Waals surface area contributed by atoms with Crippen LogP contribution >= 0.6 is 0 Å². The molecule has 1 saturated heterocycles. The average molecular weight is 273 g/mol. The molecule has 0 aromatic heterocycles. The van der Waals surface area contributed by atoms with E-state index in [4.69, 9.17) is 4.43 Å². The molecule has 0 spiro atoms. The Morgan fingerprint density at radius 3 is 2.06 bits per heavy atom. The van der Waals surface area contributed by atoms with Gasteiger partial charge in [0.2, 0.25) is 0 Å². The highest BCUT2D eigenvalue weighted by Gasteiger charge is 2.60. The van der Waals surface area contributed by atoms with Crippen molar-refractivity contribution in [1.82, 2.24) is 0 Å². The molecule has 1 unspecified atom stereocenters. The van der Waals surface area contributed by atoms with Gasteiger partial charge in [0.1, 0.15) is 0 Å². The summed E-state index contributed by atoms with van der Waals surface area (Å²) in [7, 11) is -3.71. The molecule has 4 heteroatoms. The smallest absolute Gasteiger partial charge is 0.172 e. The van der Waals surface area contributed by atoms with Crippen LogP contribution in [0.2, 0.25) is 45.3 Å². The molecular formula is C12H28OSi3. The Hall–Kier alpha value is 0.351. The van der Waals surface area contributed by atoms with E-state index in [0.29, 0.717) is 0 Å². The van der Waals surface area contributed by atoms with E-state index in [1.807, 2.05) is 6.08 Å². The highest BCUT2D eigenvalue weighted by molar-refractivity contribution is 7.67. The van der Waals surface area contributed by atoms with Crippen molar-refractivity contribution in [2.75, 3.05) is 0 Å². The fourth-order valence-corrected chi connectivity index (χ4v) is 33.9. The molecule has 94 valence electrons. The lowest BCUT2D eigenvalue weighted by molar-refractivity contribution is 0.104. The molecular weight excluding hydrogens is 244 g/mol. The lowest BCUT2D eigenvalue weighted by Gasteiger charge is -2.58. The zero-order valence-electron chi connectivity index (χ0n) is 12.1. The van der Waals surface area contributed by atoms with Gasteiger partial charge in [-0.1, -0.05) is 32.3 Å². The normalized spacial score (nSPS) is 35.7. The first kappa shape index (κ1) is 14.4. The topological polar surface area (TPSA) is 9.23 Å². The molecule has 1 aliphatic rings. The molecule has 1 aliphatic heterocycles. The van der Waals surface area contributed by atoms with Gasteiger partial charge in [-0.2, -0.15) is 0 Å². The highest BCUT2D eigenvalue weighted by Crippen LogP contribution is 2.45. The van der Waals surface area contributed by atoms with Crippen LogP contribution in [0.25, 0.3) is 0 Å².